The highest BCUT2D eigenvalue weighted by Gasteiger charge is 2.47. The van der Waals surface area contributed by atoms with E-state index in [2.05, 4.69) is 15.5 Å². The number of fused-ring (bicyclic) bond motifs is 2. The maximum absolute atomic E-state index is 14.4. The number of hydrogen-bond acceptors (Lipinski definition) is 9. The van der Waals surface area contributed by atoms with Crippen LogP contribution in [0.2, 0.25) is 0 Å². The van der Waals surface area contributed by atoms with E-state index < -0.39 is 44.8 Å². The molecule has 1 aromatic carbocycles. The number of hydrogen-bond donors (Lipinski definition) is 2. The molecule has 14 heteroatoms. The van der Waals surface area contributed by atoms with Crippen LogP contribution < -0.4 is 15.5 Å². The molecule has 5 rings (SSSR count). The van der Waals surface area contributed by atoms with Crippen molar-refractivity contribution in [3.63, 3.8) is 0 Å². The van der Waals surface area contributed by atoms with Crippen molar-refractivity contribution >= 4 is 39.2 Å². The SMILES string of the molecule is Cc1cn2nc([C@H](C)N(C)C(=O)C3(NC(=O)CS(C)(=O)=O)CCCc4ccccc43)cc2nc1N1CC[C@H](NC(=O)OC(C)(C)C)C1. The number of amides is 3. The van der Waals surface area contributed by atoms with Crippen molar-refractivity contribution in [1.29, 1.82) is 0 Å². The van der Waals surface area contributed by atoms with E-state index in [0.717, 1.165) is 36.0 Å². The van der Waals surface area contributed by atoms with Crippen LogP contribution in [0.15, 0.2) is 36.5 Å². The molecule has 254 valence electrons. The summed E-state index contributed by atoms with van der Waals surface area (Å²) in [6, 6.07) is 8.75. The van der Waals surface area contributed by atoms with Crippen molar-refractivity contribution in [3.8, 4) is 0 Å². The van der Waals surface area contributed by atoms with Crippen molar-refractivity contribution in [1.82, 2.24) is 30.1 Å². The van der Waals surface area contributed by atoms with Crippen LogP contribution in [0.3, 0.4) is 0 Å². The van der Waals surface area contributed by atoms with E-state index in [-0.39, 0.29) is 11.9 Å². The summed E-state index contributed by atoms with van der Waals surface area (Å²) in [5, 5.41) is 10.6. The summed E-state index contributed by atoms with van der Waals surface area (Å²) in [7, 11) is -1.94. The normalized spacial score (nSPS) is 20.4. The van der Waals surface area contributed by atoms with Crippen LogP contribution in [0.4, 0.5) is 10.6 Å². The first kappa shape index (κ1) is 34.1. The van der Waals surface area contributed by atoms with Gasteiger partial charge in [-0.1, -0.05) is 24.3 Å². The molecule has 3 heterocycles. The topological polar surface area (TPSA) is 155 Å². The molecule has 1 unspecified atom stereocenters. The Kier molecular flexibility index (Phi) is 9.28. The highest BCUT2D eigenvalue weighted by Crippen LogP contribution is 2.38. The minimum atomic E-state index is -3.61. The number of anilines is 1. The Bertz CT molecular complexity index is 1800. The van der Waals surface area contributed by atoms with Gasteiger partial charge >= 0.3 is 6.09 Å². The largest absolute Gasteiger partial charge is 0.444 e. The third-order valence-corrected chi connectivity index (χ3v) is 9.53. The zero-order valence-corrected chi connectivity index (χ0v) is 29.0. The monoisotopic (exact) mass is 667 g/mol. The number of nitrogens with one attached hydrogen (secondary N) is 2. The van der Waals surface area contributed by atoms with Gasteiger partial charge in [0.2, 0.25) is 5.91 Å². The van der Waals surface area contributed by atoms with Crippen molar-refractivity contribution in [2.45, 2.75) is 83.5 Å². The molecule has 13 nitrogen and oxygen atoms in total. The number of benzene rings is 1. The molecule has 1 fully saturated rings. The van der Waals surface area contributed by atoms with Gasteiger partial charge in [-0.2, -0.15) is 5.10 Å². The first-order chi connectivity index (χ1) is 22.0. The van der Waals surface area contributed by atoms with Gasteiger partial charge in [0.25, 0.3) is 5.91 Å². The number of ether oxygens (including phenoxy) is 1. The van der Waals surface area contributed by atoms with Crippen molar-refractivity contribution in [2.75, 3.05) is 37.0 Å². The lowest BCUT2D eigenvalue weighted by Crippen LogP contribution is -2.59. The number of aromatic nitrogens is 3. The van der Waals surface area contributed by atoms with E-state index in [9.17, 15) is 22.8 Å². The Morgan fingerprint density at radius 1 is 1.21 bits per heavy atom. The van der Waals surface area contributed by atoms with Crippen LogP contribution >= 0.6 is 0 Å². The number of nitrogens with zero attached hydrogens (tertiary/aromatic N) is 5. The summed E-state index contributed by atoms with van der Waals surface area (Å²) in [5.41, 5.74) is 1.76. The number of sulfone groups is 1. The van der Waals surface area contributed by atoms with E-state index in [1.54, 1.807) is 16.5 Å². The highest BCUT2D eigenvalue weighted by atomic mass is 32.2. The van der Waals surface area contributed by atoms with Gasteiger partial charge in [-0.05, 0) is 71.4 Å². The molecule has 0 saturated carbocycles. The zero-order valence-electron chi connectivity index (χ0n) is 28.2. The summed E-state index contributed by atoms with van der Waals surface area (Å²) in [6.07, 6.45) is 4.95. The van der Waals surface area contributed by atoms with Gasteiger partial charge in [0.15, 0.2) is 15.5 Å². The number of alkyl carbamates (subject to hydrolysis) is 1. The minimum Gasteiger partial charge on any atom is -0.444 e. The molecule has 1 saturated heterocycles. The fourth-order valence-electron chi connectivity index (χ4n) is 6.51. The fraction of sp³-hybridized carbons (Fsp3) is 0.545. The summed E-state index contributed by atoms with van der Waals surface area (Å²) in [4.78, 5) is 48.4. The van der Waals surface area contributed by atoms with E-state index in [1.165, 1.54) is 0 Å². The van der Waals surface area contributed by atoms with E-state index in [1.807, 2.05) is 71.1 Å². The van der Waals surface area contributed by atoms with Gasteiger partial charge < -0.3 is 25.2 Å². The first-order valence-electron chi connectivity index (χ1n) is 15.9. The van der Waals surface area contributed by atoms with Crippen LogP contribution in [0, 0.1) is 6.92 Å². The predicted molar refractivity (Wildman–Crippen MR) is 178 cm³/mol. The van der Waals surface area contributed by atoms with E-state index in [4.69, 9.17) is 14.8 Å². The van der Waals surface area contributed by atoms with E-state index in [0.29, 0.717) is 42.8 Å². The van der Waals surface area contributed by atoms with Gasteiger partial charge in [0.05, 0.1) is 17.8 Å². The Morgan fingerprint density at radius 3 is 2.64 bits per heavy atom. The molecule has 1 aliphatic heterocycles. The lowest BCUT2D eigenvalue weighted by atomic mass is 9.75. The molecule has 0 radical (unpaired) electrons. The molecular weight excluding hydrogens is 622 g/mol. The number of likely N-dealkylation sites (N-methyl/N-ethyl adjacent to an activating group) is 1. The molecule has 3 aromatic rings. The Labute approximate surface area is 276 Å². The molecule has 2 aromatic heterocycles. The molecule has 0 spiro atoms. The van der Waals surface area contributed by atoms with Gasteiger partial charge in [0, 0.05) is 44.2 Å². The molecule has 2 N–H and O–H groups in total. The molecule has 1 aliphatic carbocycles. The summed E-state index contributed by atoms with van der Waals surface area (Å²) in [5.74, 6) is -0.982. The lowest BCUT2D eigenvalue weighted by Gasteiger charge is -2.42. The molecular formula is C33H45N7O6S. The standard InChI is InChI=1S/C33H45N7O6S/c1-21-18-40-27(35-29(21)39-16-14-24(19-39)34-31(43)46-32(3,4)5)17-26(37-40)22(2)38(6)30(42)33(36-28(41)20-47(7,44)45)15-10-12-23-11-8-9-13-25(23)33/h8-9,11,13,17-18,22,24H,10,12,14-16,19-20H2,1-7H3,(H,34,43)(H,36,41)/t22-,24-,33?/m0/s1. The minimum absolute atomic E-state index is 0.0717. The second kappa shape index (κ2) is 12.8. The molecule has 0 bridgehead atoms. The number of carbonyl (C=O) groups is 3. The van der Waals surface area contributed by atoms with Crippen molar-refractivity contribution in [3.05, 3.63) is 58.9 Å². The van der Waals surface area contributed by atoms with Crippen molar-refractivity contribution < 1.29 is 27.5 Å². The fourth-order valence-corrected chi connectivity index (χ4v) is 7.06. The Morgan fingerprint density at radius 2 is 1.94 bits per heavy atom. The quantitative estimate of drug-likeness (QED) is 0.369. The van der Waals surface area contributed by atoms with Gasteiger partial charge in [-0.3, -0.25) is 9.59 Å². The zero-order chi connectivity index (χ0) is 34.3. The predicted octanol–water partition coefficient (Wildman–Crippen LogP) is 3.05. The van der Waals surface area contributed by atoms with Crippen LogP contribution in [-0.4, -0.2) is 89.6 Å². The average Bonchev–Trinajstić information content (AvgIpc) is 3.60. The van der Waals surface area contributed by atoms with Crippen LogP contribution in [-0.2, 0) is 36.1 Å². The van der Waals surface area contributed by atoms with Gasteiger partial charge in [0.1, 0.15) is 22.7 Å². The van der Waals surface area contributed by atoms with Gasteiger partial charge in [-0.25, -0.2) is 22.7 Å². The average molecular weight is 668 g/mol. The maximum Gasteiger partial charge on any atom is 0.407 e. The number of rotatable bonds is 8. The highest BCUT2D eigenvalue weighted by molar-refractivity contribution is 7.91. The van der Waals surface area contributed by atoms with Crippen LogP contribution in [0.25, 0.3) is 5.65 Å². The summed E-state index contributed by atoms with van der Waals surface area (Å²) < 4.78 is 31.0. The third-order valence-electron chi connectivity index (χ3n) is 8.75. The van der Waals surface area contributed by atoms with Crippen LogP contribution in [0.1, 0.15) is 75.4 Å². The van der Waals surface area contributed by atoms with E-state index >= 15 is 0 Å². The molecule has 47 heavy (non-hydrogen) atoms. The second-order valence-electron chi connectivity index (χ2n) is 13.8. The molecule has 2 aliphatic rings. The van der Waals surface area contributed by atoms with Gasteiger partial charge in [-0.15, -0.1) is 0 Å². The van der Waals surface area contributed by atoms with Crippen molar-refractivity contribution in [2.24, 2.45) is 0 Å². The number of carbonyl (C=O) groups excluding carboxylic acids is 3. The summed E-state index contributed by atoms with van der Waals surface area (Å²) in [6.45, 7) is 10.6. The molecule has 3 atom stereocenters. The Hall–Kier alpha value is -4.20. The number of aryl methyl sites for hydroxylation is 2. The lowest BCUT2D eigenvalue weighted by molar-refractivity contribution is -0.143. The second-order valence-corrected chi connectivity index (χ2v) is 16.0. The maximum atomic E-state index is 14.4. The summed E-state index contributed by atoms with van der Waals surface area (Å²) >= 11 is 0. The smallest absolute Gasteiger partial charge is 0.407 e. The molecule has 3 amide bonds. The third kappa shape index (κ3) is 7.53. The first-order valence-corrected chi connectivity index (χ1v) is 18.0. The van der Waals surface area contributed by atoms with Crippen LogP contribution in [0.5, 0.6) is 0 Å². The Balaban J connectivity index is 1.38.